The number of piperidine rings is 1. The number of methoxy groups -OCH3 is 1. The topological polar surface area (TPSA) is 79.7 Å². The third-order valence-corrected chi connectivity index (χ3v) is 3.76. The van der Waals surface area contributed by atoms with E-state index in [1.54, 1.807) is 30.2 Å². The Morgan fingerprint density at radius 2 is 2.25 bits per heavy atom. The number of amides is 1. The van der Waals surface area contributed by atoms with Crippen LogP contribution in [0.1, 0.15) is 30.1 Å². The van der Waals surface area contributed by atoms with Crippen LogP contribution in [0, 0.1) is 5.92 Å². The predicted molar refractivity (Wildman–Crippen MR) is 71.6 cm³/mol. The van der Waals surface area contributed by atoms with E-state index in [0.29, 0.717) is 24.9 Å². The molecule has 0 saturated carbocycles. The number of aromatic nitrogens is 1. The Hall–Kier alpha value is -2.11. The Kier molecular flexibility index (Phi) is 4.22. The van der Waals surface area contributed by atoms with Gasteiger partial charge in [0.05, 0.1) is 13.0 Å². The number of carboxylic acid groups (broad SMARTS) is 1. The number of carbonyl (C=O) groups excluding carboxylic acids is 1. The maximum Gasteiger partial charge on any atom is 0.308 e. The van der Waals surface area contributed by atoms with E-state index in [9.17, 15) is 14.7 Å². The third-order valence-electron chi connectivity index (χ3n) is 3.76. The molecule has 0 spiro atoms. The van der Waals surface area contributed by atoms with Crippen molar-refractivity contribution in [3.63, 3.8) is 0 Å². The van der Waals surface area contributed by atoms with Crippen LogP contribution in [-0.4, -0.2) is 46.6 Å². The van der Waals surface area contributed by atoms with Gasteiger partial charge in [-0.2, -0.15) is 0 Å². The summed E-state index contributed by atoms with van der Waals surface area (Å²) in [5.41, 5.74) is 0.368. The van der Waals surface area contributed by atoms with Gasteiger partial charge in [-0.15, -0.1) is 0 Å². The van der Waals surface area contributed by atoms with Crippen LogP contribution in [-0.2, 0) is 4.79 Å². The highest BCUT2D eigenvalue weighted by molar-refractivity contribution is 5.96. The molecule has 1 saturated heterocycles. The Balaban J connectivity index is 2.26. The number of carboxylic acids is 1. The number of aliphatic carboxylic acids is 1. The number of pyridine rings is 1. The quantitative estimate of drug-likeness (QED) is 0.904. The van der Waals surface area contributed by atoms with Crippen molar-refractivity contribution < 1.29 is 19.4 Å². The van der Waals surface area contributed by atoms with E-state index < -0.39 is 11.9 Å². The maximum atomic E-state index is 12.6. The van der Waals surface area contributed by atoms with Gasteiger partial charge in [-0.3, -0.25) is 9.59 Å². The number of hydrogen-bond acceptors (Lipinski definition) is 4. The van der Waals surface area contributed by atoms with Crippen LogP contribution >= 0.6 is 0 Å². The molecule has 108 valence electrons. The zero-order chi connectivity index (χ0) is 14.7. The molecule has 1 amide bonds. The predicted octanol–water partition coefficient (Wildman–Crippen LogP) is 1.42. The molecule has 0 unspecified atom stereocenters. The standard InChI is InChI=1S/C14H18N2O4/c1-9-10(14(18)19)6-4-8-16(9)13(17)11-5-3-7-15-12(11)20-2/h3,5,7,9-10H,4,6,8H2,1-2H3,(H,18,19)/t9-,10-/m0/s1. The molecular weight excluding hydrogens is 260 g/mol. The first-order chi connectivity index (χ1) is 9.56. The lowest BCUT2D eigenvalue weighted by Gasteiger charge is -2.37. The second kappa shape index (κ2) is 5.90. The van der Waals surface area contributed by atoms with Crippen LogP contribution in [0.2, 0.25) is 0 Å². The first-order valence-corrected chi connectivity index (χ1v) is 6.59. The number of hydrogen-bond donors (Lipinski definition) is 1. The van der Waals surface area contributed by atoms with Crippen LogP contribution in [0.25, 0.3) is 0 Å². The largest absolute Gasteiger partial charge is 0.481 e. The normalized spacial score (nSPS) is 22.4. The van der Waals surface area contributed by atoms with Crippen molar-refractivity contribution >= 4 is 11.9 Å². The molecule has 1 aliphatic rings. The van der Waals surface area contributed by atoms with Gasteiger partial charge in [0.15, 0.2) is 0 Å². The molecule has 2 atom stereocenters. The Morgan fingerprint density at radius 1 is 1.50 bits per heavy atom. The molecule has 0 bridgehead atoms. The van der Waals surface area contributed by atoms with Gasteiger partial charge in [-0.25, -0.2) is 4.98 Å². The molecule has 6 heteroatoms. The molecular formula is C14H18N2O4. The molecule has 0 aliphatic carbocycles. The summed E-state index contributed by atoms with van der Waals surface area (Å²) in [6.07, 6.45) is 2.84. The SMILES string of the molecule is COc1ncccc1C(=O)N1CCC[C@H](C(=O)O)[C@@H]1C. The highest BCUT2D eigenvalue weighted by Gasteiger charge is 2.36. The van der Waals surface area contributed by atoms with E-state index in [1.165, 1.54) is 7.11 Å². The maximum absolute atomic E-state index is 12.6. The summed E-state index contributed by atoms with van der Waals surface area (Å²) in [6.45, 7) is 2.33. The summed E-state index contributed by atoms with van der Waals surface area (Å²) in [5, 5.41) is 9.20. The lowest BCUT2D eigenvalue weighted by Crippen LogP contribution is -2.49. The van der Waals surface area contributed by atoms with Crippen LogP contribution in [0.5, 0.6) is 5.88 Å². The van der Waals surface area contributed by atoms with Crippen LogP contribution < -0.4 is 4.74 Å². The average molecular weight is 278 g/mol. The van der Waals surface area contributed by atoms with Crippen LogP contribution in [0.15, 0.2) is 18.3 Å². The summed E-state index contributed by atoms with van der Waals surface area (Å²) in [7, 11) is 1.46. The lowest BCUT2D eigenvalue weighted by atomic mass is 9.90. The van der Waals surface area contributed by atoms with Crippen molar-refractivity contribution in [3.05, 3.63) is 23.9 Å². The molecule has 1 N–H and O–H groups in total. The summed E-state index contributed by atoms with van der Waals surface area (Å²) >= 11 is 0. The van der Waals surface area contributed by atoms with E-state index in [0.717, 1.165) is 0 Å². The van der Waals surface area contributed by atoms with E-state index in [4.69, 9.17) is 4.74 Å². The molecule has 6 nitrogen and oxygen atoms in total. The van der Waals surface area contributed by atoms with Gasteiger partial charge in [0.1, 0.15) is 5.56 Å². The van der Waals surface area contributed by atoms with Gasteiger partial charge in [-0.05, 0) is 31.9 Å². The summed E-state index contributed by atoms with van der Waals surface area (Å²) in [5.74, 6) is -1.33. The summed E-state index contributed by atoms with van der Waals surface area (Å²) in [4.78, 5) is 29.4. The van der Waals surface area contributed by atoms with E-state index in [-0.39, 0.29) is 17.8 Å². The fourth-order valence-corrected chi connectivity index (χ4v) is 2.63. The lowest BCUT2D eigenvalue weighted by molar-refractivity contribution is -0.144. The smallest absolute Gasteiger partial charge is 0.308 e. The number of nitrogens with zero attached hydrogens (tertiary/aromatic N) is 2. The van der Waals surface area contributed by atoms with Gasteiger partial charge in [0.25, 0.3) is 5.91 Å². The molecule has 20 heavy (non-hydrogen) atoms. The number of rotatable bonds is 3. The minimum absolute atomic E-state index is 0.228. The highest BCUT2D eigenvalue weighted by Crippen LogP contribution is 2.27. The Morgan fingerprint density at radius 3 is 2.90 bits per heavy atom. The van der Waals surface area contributed by atoms with Crippen molar-refractivity contribution in [1.29, 1.82) is 0 Å². The Labute approximate surface area is 117 Å². The molecule has 2 heterocycles. The monoisotopic (exact) mass is 278 g/mol. The molecule has 2 rings (SSSR count). The first kappa shape index (κ1) is 14.3. The molecule has 0 radical (unpaired) electrons. The number of likely N-dealkylation sites (tertiary alicyclic amines) is 1. The van der Waals surface area contributed by atoms with E-state index >= 15 is 0 Å². The van der Waals surface area contributed by atoms with Crippen molar-refractivity contribution in [3.8, 4) is 5.88 Å². The van der Waals surface area contributed by atoms with E-state index in [1.807, 2.05) is 0 Å². The van der Waals surface area contributed by atoms with Crippen molar-refractivity contribution in [2.75, 3.05) is 13.7 Å². The fraction of sp³-hybridized carbons (Fsp3) is 0.500. The molecule has 1 aliphatic heterocycles. The first-order valence-electron chi connectivity index (χ1n) is 6.59. The molecule has 1 aromatic heterocycles. The second-order valence-corrected chi connectivity index (χ2v) is 4.89. The number of carbonyl (C=O) groups is 2. The number of ether oxygens (including phenoxy) is 1. The van der Waals surface area contributed by atoms with Gasteiger partial charge < -0.3 is 14.7 Å². The average Bonchev–Trinajstić information content (AvgIpc) is 2.46. The zero-order valence-corrected chi connectivity index (χ0v) is 11.6. The molecule has 0 aromatic carbocycles. The Bertz CT molecular complexity index is 518. The molecule has 1 fully saturated rings. The third kappa shape index (κ3) is 2.59. The second-order valence-electron chi connectivity index (χ2n) is 4.89. The minimum atomic E-state index is -0.854. The van der Waals surface area contributed by atoms with Crippen molar-refractivity contribution in [2.24, 2.45) is 5.92 Å². The fourth-order valence-electron chi connectivity index (χ4n) is 2.63. The van der Waals surface area contributed by atoms with Gasteiger partial charge in [0.2, 0.25) is 5.88 Å². The van der Waals surface area contributed by atoms with Crippen LogP contribution in [0.3, 0.4) is 0 Å². The summed E-state index contributed by atoms with van der Waals surface area (Å²) < 4.78 is 5.09. The van der Waals surface area contributed by atoms with Crippen LogP contribution in [0.4, 0.5) is 0 Å². The minimum Gasteiger partial charge on any atom is -0.481 e. The van der Waals surface area contributed by atoms with Gasteiger partial charge in [0, 0.05) is 18.8 Å². The zero-order valence-electron chi connectivity index (χ0n) is 11.6. The summed E-state index contributed by atoms with van der Waals surface area (Å²) in [6, 6.07) is 2.98. The molecule has 1 aromatic rings. The van der Waals surface area contributed by atoms with Gasteiger partial charge >= 0.3 is 5.97 Å². The van der Waals surface area contributed by atoms with Crippen molar-refractivity contribution in [1.82, 2.24) is 9.88 Å². The van der Waals surface area contributed by atoms with Gasteiger partial charge in [-0.1, -0.05) is 0 Å². The van der Waals surface area contributed by atoms with E-state index in [2.05, 4.69) is 4.98 Å². The highest BCUT2D eigenvalue weighted by atomic mass is 16.5. The van der Waals surface area contributed by atoms with Crippen molar-refractivity contribution in [2.45, 2.75) is 25.8 Å².